The Morgan fingerprint density at radius 1 is 1.03 bits per heavy atom. The Morgan fingerprint density at radius 2 is 1.84 bits per heavy atom. The molecule has 10 nitrogen and oxygen atoms in total. The third kappa shape index (κ3) is 4.27. The fourth-order valence-corrected chi connectivity index (χ4v) is 3.11. The molecule has 0 aliphatic rings. The van der Waals surface area contributed by atoms with Gasteiger partial charge in [-0.15, -0.1) is 0 Å². The predicted octanol–water partition coefficient (Wildman–Crippen LogP) is 0.577. The highest BCUT2D eigenvalue weighted by atomic mass is 16.5. The van der Waals surface area contributed by atoms with Crippen LogP contribution in [0.5, 0.6) is 6.01 Å². The number of hydrogen-bond donors (Lipinski definition) is 3. The molecule has 2 aromatic heterocycles. The van der Waals surface area contributed by atoms with Gasteiger partial charge in [0, 0.05) is 20.6 Å². The second-order valence-electron chi connectivity index (χ2n) is 7.05. The number of hydrogen-bond acceptors (Lipinski definition) is 9. The van der Waals surface area contributed by atoms with Crippen LogP contribution in [0, 0.1) is 0 Å². The van der Waals surface area contributed by atoms with Crippen LogP contribution in [-0.4, -0.2) is 62.9 Å². The molecule has 0 aliphatic carbocycles. The van der Waals surface area contributed by atoms with Crippen molar-refractivity contribution in [2.45, 2.75) is 6.54 Å². The Balaban J connectivity index is 1.72. The van der Waals surface area contributed by atoms with E-state index in [2.05, 4.69) is 25.3 Å². The summed E-state index contributed by atoms with van der Waals surface area (Å²) in [6.07, 6.45) is 0. The van der Waals surface area contributed by atoms with E-state index in [1.807, 2.05) is 44.4 Å². The maximum atomic E-state index is 9.38. The first-order valence-electron chi connectivity index (χ1n) is 9.60. The summed E-state index contributed by atoms with van der Waals surface area (Å²) in [5, 5.41) is 22.0. The Morgan fingerprint density at radius 3 is 2.58 bits per heavy atom. The van der Waals surface area contributed by atoms with Crippen molar-refractivity contribution in [2.75, 3.05) is 31.4 Å². The van der Waals surface area contributed by atoms with E-state index in [1.165, 1.54) is 0 Å². The van der Waals surface area contributed by atoms with Gasteiger partial charge in [0.1, 0.15) is 0 Å². The molecule has 0 atom stereocenters. The van der Waals surface area contributed by atoms with Crippen LogP contribution in [0.15, 0.2) is 48.5 Å². The number of nitrogens with zero attached hydrogens (tertiary/aromatic N) is 6. The molecule has 0 spiro atoms. The number of anilines is 2. The lowest BCUT2D eigenvalue weighted by atomic mass is 9.80. The van der Waals surface area contributed by atoms with Gasteiger partial charge >= 0.3 is 13.1 Å². The van der Waals surface area contributed by atoms with Gasteiger partial charge in [0.05, 0.1) is 18.1 Å². The molecule has 4 rings (SSSR count). The molecule has 0 amide bonds. The number of para-hydroxylation sites is 2. The number of rotatable bonds is 7. The van der Waals surface area contributed by atoms with E-state index in [4.69, 9.17) is 4.74 Å². The second kappa shape index (κ2) is 8.58. The molecule has 31 heavy (non-hydrogen) atoms. The zero-order valence-electron chi connectivity index (χ0n) is 17.4. The zero-order chi connectivity index (χ0) is 22.0. The normalized spacial score (nSPS) is 10.9. The molecule has 0 saturated heterocycles. The topological polar surface area (TPSA) is 121 Å². The van der Waals surface area contributed by atoms with Gasteiger partial charge in [0.2, 0.25) is 17.8 Å². The van der Waals surface area contributed by atoms with Crippen molar-refractivity contribution in [1.82, 2.24) is 24.5 Å². The Hall–Kier alpha value is -3.70. The molecule has 0 fully saturated rings. The molecule has 0 unspecified atom stereocenters. The monoisotopic (exact) mass is 419 g/mol. The minimum absolute atomic E-state index is 0.364. The van der Waals surface area contributed by atoms with Crippen LogP contribution in [0.25, 0.3) is 17.0 Å². The fraction of sp³-hybridized carbons (Fsp3) is 0.200. The van der Waals surface area contributed by atoms with Crippen molar-refractivity contribution in [3.8, 4) is 12.0 Å². The number of benzene rings is 2. The molecular weight excluding hydrogens is 397 g/mol. The van der Waals surface area contributed by atoms with Gasteiger partial charge in [-0.2, -0.15) is 19.9 Å². The molecule has 0 saturated carbocycles. The fourth-order valence-electron chi connectivity index (χ4n) is 3.11. The van der Waals surface area contributed by atoms with E-state index in [-0.39, 0.29) is 0 Å². The predicted molar refractivity (Wildman–Crippen MR) is 119 cm³/mol. The van der Waals surface area contributed by atoms with Gasteiger partial charge in [0.25, 0.3) is 0 Å². The van der Waals surface area contributed by atoms with E-state index in [1.54, 1.807) is 34.8 Å². The summed E-state index contributed by atoms with van der Waals surface area (Å²) in [5.41, 5.74) is 2.84. The van der Waals surface area contributed by atoms with Gasteiger partial charge in [-0.1, -0.05) is 36.4 Å². The highest BCUT2D eigenvalue weighted by Crippen LogP contribution is 2.25. The molecule has 11 heteroatoms. The Kier molecular flexibility index (Phi) is 5.69. The molecule has 4 aromatic rings. The van der Waals surface area contributed by atoms with Crippen LogP contribution in [0.3, 0.4) is 0 Å². The number of fused-ring (bicyclic) bond motifs is 1. The Bertz CT molecular complexity index is 1210. The zero-order valence-corrected chi connectivity index (χ0v) is 17.4. The maximum absolute atomic E-state index is 9.38. The molecular formula is C20H22BN7O3. The highest BCUT2D eigenvalue weighted by molar-refractivity contribution is 6.58. The Labute approximate surface area is 179 Å². The maximum Gasteiger partial charge on any atom is 0.488 e. The van der Waals surface area contributed by atoms with E-state index in [9.17, 15) is 10.0 Å². The number of aromatic nitrogens is 5. The van der Waals surface area contributed by atoms with Crippen molar-refractivity contribution in [3.05, 3.63) is 54.1 Å². The van der Waals surface area contributed by atoms with Crippen molar-refractivity contribution < 1.29 is 14.8 Å². The summed E-state index contributed by atoms with van der Waals surface area (Å²) in [6.45, 7) is 0.388. The first kappa shape index (κ1) is 20.6. The lowest BCUT2D eigenvalue weighted by Gasteiger charge is -2.15. The third-order valence-electron chi connectivity index (χ3n) is 4.62. The van der Waals surface area contributed by atoms with Crippen molar-refractivity contribution in [3.63, 3.8) is 0 Å². The SMILES string of the molecule is COc1nc2ccccc2n1-c1nc(NCc2cccc(B(O)O)c2)nc(N(C)C)n1. The molecule has 3 N–H and O–H groups in total. The quantitative estimate of drug-likeness (QED) is 0.369. The first-order chi connectivity index (χ1) is 15.0. The largest absolute Gasteiger partial charge is 0.488 e. The molecule has 0 aliphatic heterocycles. The minimum atomic E-state index is -1.52. The number of nitrogens with one attached hydrogen (secondary N) is 1. The molecule has 2 aromatic carbocycles. The van der Waals surface area contributed by atoms with Crippen molar-refractivity contribution in [1.29, 1.82) is 0 Å². The van der Waals surface area contributed by atoms with Crippen LogP contribution >= 0.6 is 0 Å². The van der Waals surface area contributed by atoms with E-state index in [0.29, 0.717) is 35.9 Å². The second-order valence-corrected chi connectivity index (χ2v) is 7.05. The number of methoxy groups -OCH3 is 1. The first-order valence-corrected chi connectivity index (χ1v) is 9.60. The van der Waals surface area contributed by atoms with Crippen molar-refractivity contribution >= 4 is 35.5 Å². The van der Waals surface area contributed by atoms with Gasteiger partial charge in [-0.05, 0) is 23.2 Å². The smallest absolute Gasteiger partial charge is 0.468 e. The molecule has 0 bridgehead atoms. The molecule has 0 radical (unpaired) electrons. The summed E-state index contributed by atoms with van der Waals surface area (Å²) in [5.74, 6) is 1.20. The minimum Gasteiger partial charge on any atom is -0.468 e. The molecule has 2 heterocycles. The van der Waals surface area contributed by atoms with Crippen LogP contribution in [0.4, 0.5) is 11.9 Å². The van der Waals surface area contributed by atoms with Gasteiger partial charge in [0.15, 0.2) is 0 Å². The van der Waals surface area contributed by atoms with Crippen LogP contribution < -0.4 is 20.4 Å². The van der Waals surface area contributed by atoms with Gasteiger partial charge in [-0.3, -0.25) is 0 Å². The van der Waals surface area contributed by atoms with E-state index in [0.717, 1.165) is 16.6 Å². The van der Waals surface area contributed by atoms with E-state index >= 15 is 0 Å². The van der Waals surface area contributed by atoms with Crippen LogP contribution in [0.1, 0.15) is 5.56 Å². The molecule has 158 valence electrons. The standard InChI is InChI=1S/C20H22BN7O3/c1-27(2)18-24-17(22-12-13-7-6-8-14(11-13)21(29)30)25-19(26-18)28-16-10-5-4-9-15(16)23-20(28)31-3/h4-11,29-30H,12H2,1-3H3,(H,22,24,25,26). The summed E-state index contributed by atoms with van der Waals surface area (Å²) in [6, 6.07) is 15.0. The summed E-state index contributed by atoms with van der Waals surface area (Å²) >= 11 is 0. The van der Waals surface area contributed by atoms with Crippen LogP contribution in [0.2, 0.25) is 0 Å². The number of ether oxygens (including phenoxy) is 1. The summed E-state index contributed by atoms with van der Waals surface area (Å²) in [7, 11) is 3.72. The summed E-state index contributed by atoms with van der Waals surface area (Å²) in [4.78, 5) is 19.9. The van der Waals surface area contributed by atoms with Crippen molar-refractivity contribution in [2.24, 2.45) is 0 Å². The van der Waals surface area contributed by atoms with E-state index < -0.39 is 7.12 Å². The highest BCUT2D eigenvalue weighted by Gasteiger charge is 2.18. The average Bonchev–Trinajstić information content (AvgIpc) is 3.16. The number of imidazole rings is 1. The lowest BCUT2D eigenvalue weighted by Crippen LogP contribution is -2.30. The summed E-state index contributed by atoms with van der Waals surface area (Å²) < 4.78 is 7.19. The van der Waals surface area contributed by atoms with Crippen LogP contribution in [-0.2, 0) is 6.54 Å². The lowest BCUT2D eigenvalue weighted by molar-refractivity contribution is 0.374. The third-order valence-corrected chi connectivity index (χ3v) is 4.62. The van der Waals surface area contributed by atoms with Gasteiger partial charge in [-0.25, -0.2) is 4.57 Å². The van der Waals surface area contributed by atoms with Gasteiger partial charge < -0.3 is 25.0 Å². The average molecular weight is 419 g/mol.